The van der Waals surface area contributed by atoms with Gasteiger partial charge in [-0.15, -0.1) is 0 Å². The minimum atomic E-state index is -0.701. The Bertz CT molecular complexity index is 965. The Morgan fingerprint density at radius 1 is 1.17 bits per heavy atom. The lowest BCUT2D eigenvalue weighted by atomic mass is 10.1. The smallest absolute Gasteiger partial charge is 0.344 e. The summed E-state index contributed by atoms with van der Waals surface area (Å²) in [5.41, 5.74) is 1.57. The minimum absolute atomic E-state index is 0.135. The van der Waals surface area contributed by atoms with Crippen LogP contribution < -0.4 is 15.0 Å². The number of nitrogens with one attached hydrogen (secondary N) is 1. The number of fused-ring (bicyclic) bond motifs is 1. The highest BCUT2D eigenvalue weighted by atomic mass is 16.6. The third kappa shape index (κ3) is 4.90. The molecule has 1 heterocycles. The van der Waals surface area contributed by atoms with Gasteiger partial charge in [-0.1, -0.05) is 12.1 Å². The Balaban J connectivity index is 1.58. The first-order valence-corrected chi connectivity index (χ1v) is 8.97. The summed E-state index contributed by atoms with van der Waals surface area (Å²) in [4.78, 5) is 38.1. The van der Waals surface area contributed by atoms with Gasteiger partial charge in [0.2, 0.25) is 5.91 Å². The predicted octanol–water partition coefficient (Wildman–Crippen LogP) is 2.24. The Morgan fingerprint density at radius 3 is 2.62 bits per heavy atom. The van der Waals surface area contributed by atoms with Gasteiger partial charge in [0.25, 0.3) is 5.91 Å². The van der Waals surface area contributed by atoms with E-state index in [1.165, 1.54) is 4.90 Å². The van der Waals surface area contributed by atoms with Crippen molar-refractivity contribution in [1.82, 2.24) is 0 Å². The second-order valence-corrected chi connectivity index (χ2v) is 6.47. The van der Waals surface area contributed by atoms with Crippen molar-refractivity contribution < 1.29 is 23.9 Å². The van der Waals surface area contributed by atoms with Crippen LogP contribution in [0.2, 0.25) is 0 Å². The third-order valence-electron chi connectivity index (χ3n) is 4.32. The van der Waals surface area contributed by atoms with Gasteiger partial charge in [0, 0.05) is 12.5 Å². The number of carbonyl (C=O) groups excluding carboxylic acids is 3. The highest BCUT2D eigenvalue weighted by molar-refractivity contribution is 6.05. The van der Waals surface area contributed by atoms with E-state index in [1.54, 1.807) is 55.5 Å². The number of esters is 1. The third-order valence-corrected chi connectivity index (χ3v) is 4.32. The number of amides is 2. The number of nitriles is 1. The van der Waals surface area contributed by atoms with Crippen LogP contribution in [-0.2, 0) is 19.1 Å². The van der Waals surface area contributed by atoms with Crippen LogP contribution in [0.5, 0.6) is 5.75 Å². The van der Waals surface area contributed by atoms with Crippen LogP contribution in [-0.4, -0.2) is 37.0 Å². The quantitative estimate of drug-likeness (QED) is 0.781. The van der Waals surface area contributed by atoms with Crippen LogP contribution >= 0.6 is 0 Å². The van der Waals surface area contributed by atoms with Gasteiger partial charge in [-0.2, -0.15) is 5.26 Å². The Labute approximate surface area is 167 Å². The zero-order chi connectivity index (χ0) is 20.8. The van der Waals surface area contributed by atoms with E-state index in [2.05, 4.69) is 5.32 Å². The molecule has 148 valence electrons. The monoisotopic (exact) mass is 393 g/mol. The molecule has 0 aliphatic carbocycles. The van der Waals surface area contributed by atoms with E-state index in [4.69, 9.17) is 14.7 Å². The maximum Gasteiger partial charge on any atom is 0.344 e. The van der Waals surface area contributed by atoms with Gasteiger partial charge in [0.15, 0.2) is 13.2 Å². The number of benzene rings is 2. The molecular weight excluding hydrogens is 374 g/mol. The lowest BCUT2D eigenvalue weighted by Gasteiger charge is -2.27. The first-order chi connectivity index (χ1) is 14.0. The van der Waals surface area contributed by atoms with E-state index in [0.717, 1.165) is 0 Å². The molecule has 29 heavy (non-hydrogen) atoms. The normalized spacial score (nSPS) is 15.4. The molecule has 8 nitrogen and oxygen atoms in total. The molecule has 0 bridgehead atoms. The summed E-state index contributed by atoms with van der Waals surface area (Å²) in [6.45, 7) is 0.920. The maximum absolute atomic E-state index is 12.7. The Hall–Kier alpha value is -3.86. The van der Waals surface area contributed by atoms with E-state index in [1.807, 2.05) is 6.07 Å². The Morgan fingerprint density at radius 2 is 1.90 bits per heavy atom. The van der Waals surface area contributed by atoms with Gasteiger partial charge in [0.05, 0.1) is 23.0 Å². The van der Waals surface area contributed by atoms with Crippen LogP contribution in [0.25, 0.3) is 0 Å². The van der Waals surface area contributed by atoms with Gasteiger partial charge in [-0.25, -0.2) is 4.79 Å². The fourth-order valence-corrected chi connectivity index (χ4v) is 2.99. The summed E-state index contributed by atoms with van der Waals surface area (Å²) in [5, 5.41) is 11.5. The summed E-state index contributed by atoms with van der Waals surface area (Å²) in [5.74, 6) is -0.916. The van der Waals surface area contributed by atoms with Crippen LogP contribution in [0.1, 0.15) is 18.9 Å². The molecular formula is C21H19N3O5. The lowest BCUT2D eigenvalue weighted by Crippen LogP contribution is -2.41. The molecule has 1 aliphatic heterocycles. The second-order valence-electron chi connectivity index (χ2n) is 6.47. The molecule has 0 saturated heterocycles. The van der Waals surface area contributed by atoms with Crippen molar-refractivity contribution in [2.24, 2.45) is 0 Å². The molecule has 2 amide bonds. The predicted molar refractivity (Wildman–Crippen MR) is 104 cm³/mol. The number of hydrogen-bond donors (Lipinski definition) is 1. The molecule has 0 aromatic heterocycles. The lowest BCUT2D eigenvalue weighted by molar-refractivity contribution is -0.149. The summed E-state index contributed by atoms with van der Waals surface area (Å²) in [7, 11) is 0. The number of para-hydroxylation sites is 2. The summed E-state index contributed by atoms with van der Waals surface area (Å²) >= 11 is 0. The number of ether oxygens (including phenoxy) is 2. The van der Waals surface area contributed by atoms with Gasteiger partial charge in [-0.3, -0.25) is 9.59 Å². The second kappa shape index (κ2) is 8.89. The number of hydrogen-bond acceptors (Lipinski definition) is 6. The zero-order valence-corrected chi connectivity index (χ0v) is 15.8. The molecule has 2 aromatic carbocycles. The fourth-order valence-electron chi connectivity index (χ4n) is 2.99. The largest absolute Gasteiger partial charge is 0.482 e. The molecule has 1 atom stereocenters. The van der Waals surface area contributed by atoms with E-state index >= 15 is 0 Å². The average Bonchev–Trinajstić information content (AvgIpc) is 2.85. The topological polar surface area (TPSA) is 109 Å². The molecule has 1 N–H and O–H groups in total. The fraction of sp³-hybridized carbons (Fsp3) is 0.238. The highest BCUT2D eigenvalue weighted by Crippen LogP contribution is 2.31. The average molecular weight is 393 g/mol. The van der Waals surface area contributed by atoms with E-state index in [0.29, 0.717) is 22.7 Å². The number of nitrogens with zero attached hydrogens (tertiary/aromatic N) is 2. The molecule has 8 heteroatoms. The molecule has 1 aliphatic rings. The van der Waals surface area contributed by atoms with Crippen molar-refractivity contribution in [3.63, 3.8) is 0 Å². The van der Waals surface area contributed by atoms with Crippen molar-refractivity contribution in [2.45, 2.75) is 19.4 Å². The van der Waals surface area contributed by atoms with Gasteiger partial charge >= 0.3 is 5.97 Å². The summed E-state index contributed by atoms with van der Waals surface area (Å²) < 4.78 is 10.3. The number of rotatable bonds is 5. The molecule has 0 unspecified atom stereocenters. The van der Waals surface area contributed by atoms with Crippen LogP contribution in [0.4, 0.5) is 11.4 Å². The van der Waals surface area contributed by atoms with Crippen LogP contribution in [0.3, 0.4) is 0 Å². The minimum Gasteiger partial charge on any atom is -0.482 e. The van der Waals surface area contributed by atoms with E-state index in [9.17, 15) is 14.4 Å². The molecule has 0 saturated carbocycles. The zero-order valence-electron chi connectivity index (χ0n) is 15.8. The SMILES string of the molecule is C[C@H]1CC(=O)Nc2ccccc2N1C(=O)COC(=O)COc1ccc(C#N)cc1. The van der Waals surface area contributed by atoms with E-state index < -0.39 is 18.5 Å². The van der Waals surface area contributed by atoms with Crippen molar-refractivity contribution in [3.05, 3.63) is 54.1 Å². The van der Waals surface area contributed by atoms with Crippen molar-refractivity contribution >= 4 is 29.2 Å². The molecule has 3 rings (SSSR count). The van der Waals surface area contributed by atoms with Crippen LogP contribution in [0, 0.1) is 11.3 Å². The maximum atomic E-state index is 12.7. The van der Waals surface area contributed by atoms with Gasteiger partial charge < -0.3 is 19.7 Å². The van der Waals surface area contributed by atoms with E-state index in [-0.39, 0.29) is 25.0 Å². The molecule has 0 radical (unpaired) electrons. The Kier molecular flexibility index (Phi) is 6.09. The van der Waals surface area contributed by atoms with Crippen molar-refractivity contribution in [3.8, 4) is 11.8 Å². The van der Waals surface area contributed by atoms with Gasteiger partial charge in [-0.05, 0) is 43.3 Å². The summed E-state index contributed by atoms with van der Waals surface area (Å²) in [6, 6.07) is 14.8. The summed E-state index contributed by atoms with van der Waals surface area (Å²) in [6.07, 6.45) is 0.135. The van der Waals surface area contributed by atoms with Gasteiger partial charge in [0.1, 0.15) is 5.75 Å². The van der Waals surface area contributed by atoms with Crippen LogP contribution in [0.15, 0.2) is 48.5 Å². The van der Waals surface area contributed by atoms with Crippen molar-refractivity contribution in [2.75, 3.05) is 23.4 Å². The number of anilines is 2. The highest BCUT2D eigenvalue weighted by Gasteiger charge is 2.30. The standard InChI is InChI=1S/C21H19N3O5/c1-14-10-19(25)23-17-4-2-3-5-18(17)24(14)20(26)12-29-21(27)13-28-16-8-6-15(11-22)7-9-16/h2-9,14H,10,12-13H2,1H3,(H,23,25)/t14-/m0/s1. The molecule has 0 fully saturated rings. The first-order valence-electron chi connectivity index (χ1n) is 8.97. The molecule has 2 aromatic rings. The van der Waals surface area contributed by atoms with Crippen molar-refractivity contribution in [1.29, 1.82) is 5.26 Å². The number of carbonyl (C=O) groups is 3. The molecule has 0 spiro atoms. The first kappa shape index (κ1) is 19.9.